The van der Waals surface area contributed by atoms with Crippen molar-refractivity contribution in [2.24, 2.45) is 5.73 Å². The lowest BCUT2D eigenvalue weighted by molar-refractivity contribution is -0.0954. The van der Waals surface area contributed by atoms with Gasteiger partial charge in [0.15, 0.2) is 0 Å². The van der Waals surface area contributed by atoms with E-state index in [-0.39, 0.29) is 24.9 Å². The number of rotatable bonds is 5. The lowest BCUT2D eigenvalue weighted by atomic mass is 10.0. The number of nitrogens with zero attached hydrogens (tertiary/aromatic N) is 1. The highest BCUT2D eigenvalue weighted by molar-refractivity contribution is 6.31. The summed E-state index contributed by atoms with van der Waals surface area (Å²) in [5, 5.41) is 9.95. The van der Waals surface area contributed by atoms with Crippen molar-refractivity contribution in [2.75, 3.05) is 26.2 Å². The van der Waals surface area contributed by atoms with Gasteiger partial charge in [-0.3, -0.25) is 4.90 Å². The topological polar surface area (TPSA) is 58.7 Å². The number of aliphatic hydroxyl groups excluding tert-OH is 1. The minimum absolute atomic E-state index is 0.0607. The Hall–Kier alpha value is -0.650. The van der Waals surface area contributed by atoms with Crippen LogP contribution in [-0.2, 0) is 4.74 Å². The van der Waals surface area contributed by atoms with Crippen LogP contribution in [0.2, 0.25) is 5.02 Å². The molecule has 0 bridgehead atoms. The van der Waals surface area contributed by atoms with Crippen molar-refractivity contribution < 1.29 is 9.84 Å². The molecule has 3 atom stereocenters. The van der Waals surface area contributed by atoms with Gasteiger partial charge in [0.25, 0.3) is 0 Å². The van der Waals surface area contributed by atoms with Gasteiger partial charge in [0.2, 0.25) is 0 Å². The Bertz CT molecular complexity index is 430. The van der Waals surface area contributed by atoms with Gasteiger partial charge in [0.05, 0.1) is 18.8 Å². The number of aliphatic hydroxyl groups is 1. The number of morpholine rings is 1. The first-order valence-corrected chi connectivity index (χ1v) is 7.46. The molecule has 112 valence electrons. The third-order valence-corrected chi connectivity index (χ3v) is 4.01. The van der Waals surface area contributed by atoms with Crippen molar-refractivity contribution in [2.45, 2.75) is 31.6 Å². The molecule has 4 nitrogen and oxygen atoms in total. The third kappa shape index (κ3) is 4.17. The zero-order valence-corrected chi connectivity index (χ0v) is 12.6. The van der Waals surface area contributed by atoms with Gasteiger partial charge in [0.1, 0.15) is 0 Å². The maximum absolute atomic E-state index is 9.22. The standard InChI is InChI=1S/C15H23ClN2O2/c1-11-8-18(9-12(10-19)20-11)7-6-15(17)13-4-2-3-5-14(13)16/h2-5,11-12,15,19H,6-10,17H2,1H3. The Morgan fingerprint density at radius 3 is 2.90 bits per heavy atom. The number of halogens is 1. The summed E-state index contributed by atoms with van der Waals surface area (Å²) >= 11 is 6.16. The van der Waals surface area contributed by atoms with Crippen LogP contribution in [0.4, 0.5) is 0 Å². The van der Waals surface area contributed by atoms with E-state index in [0.29, 0.717) is 0 Å². The molecule has 1 aromatic rings. The molecule has 1 aliphatic rings. The van der Waals surface area contributed by atoms with E-state index in [1.807, 2.05) is 31.2 Å². The SMILES string of the molecule is CC1CN(CCC(N)c2ccccc2Cl)CC(CO)O1. The molecule has 3 N–H and O–H groups in total. The fourth-order valence-electron chi connectivity index (χ4n) is 2.68. The summed E-state index contributed by atoms with van der Waals surface area (Å²) < 4.78 is 5.63. The molecule has 3 unspecified atom stereocenters. The molecular formula is C15H23ClN2O2. The molecule has 20 heavy (non-hydrogen) atoms. The Morgan fingerprint density at radius 1 is 1.45 bits per heavy atom. The summed E-state index contributed by atoms with van der Waals surface area (Å²) in [5.41, 5.74) is 7.22. The average molecular weight is 299 g/mol. The summed E-state index contributed by atoms with van der Waals surface area (Å²) in [6.07, 6.45) is 0.905. The van der Waals surface area contributed by atoms with Crippen LogP contribution in [0.5, 0.6) is 0 Å². The highest BCUT2D eigenvalue weighted by atomic mass is 35.5. The van der Waals surface area contributed by atoms with E-state index < -0.39 is 0 Å². The molecule has 1 fully saturated rings. The molecule has 1 aliphatic heterocycles. The molecule has 0 aromatic heterocycles. The number of ether oxygens (including phenoxy) is 1. The first kappa shape index (κ1) is 15.7. The van der Waals surface area contributed by atoms with Crippen LogP contribution in [0.15, 0.2) is 24.3 Å². The summed E-state index contributed by atoms with van der Waals surface area (Å²) in [6.45, 7) is 4.62. The molecule has 0 aliphatic carbocycles. The molecule has 1 aromatic carbocycles. The summed E-state index contributed by atoms with van der Waals surface area (Å²) in [4.78, 5) is 2.30. The minimum Gasteiger partial charge on any atom is -0.394 e. The van der Waals surface area contributed by atoms with Crippen LogP contribution in [0.25, 0.3) is 0 Å². The zero-order valence-electron chi connectivity index (χ0n) is 11.8. The Labute approximate surface area is 125 Å². The van der Waals surface area contributed by atoms with Crippen LogP contribution < -0.4 is 5.73 Å². The molecular weight excluding hydrogens is 276 g/mol. The van der Waals surface area contributed by atoms with E-state index in [0.717, 1.165) is 36.6 Å². The predicted octanol–water partition coefficient (Wildman–Crippen LogP) is 1.81. The number of nitrogens with two attached hydrogens (primary N) is 1. The van der Waals surface area contributed by atoms with Crippen molar-refractivity contribution in [1.82, 2.24) is 4.90 Å². The quantitative estimate of drug-likeness (QED) is 0.870. The highest BCUT2D eigenvalue weighted by Gasteiger charge is 2.24. The largest absolute Gasteiger partial charge is 0.394 e. The van der Waals surface area contributed by atoms with E-state index in [9.17, 15) is 5.11 Å². The van der Waals surface area contributed by atoms with E-state index >= 15 is 0 Å². The maximum Gasteiger partial charge on any atom is 0.0936 e. The van der Waals surface area contributed by atoms with Gasteiger partial charge in [-0.25, -0.2) is 0 Å². The van der Waals surface area contributed by atoms with Crippen LogP contribution in [0.1, 0.15) is 24.9 Å². The molecule has 0 amide bonds. The Kier molecular flexibility index (Phi) is 5.81. The summed E-state index contributed by atoms with van der Waals surface area (Å²) in [6, 6.07) is 7.66. The second-order valence-corrected chi connectivity index (χ2v) is 5.83. The van der Waals surface area contributed by atoms with E-state index in [4.69, 9.17) is 22.1 Å². The fourth-order valence-corrected chi connectivity index (χ4v) is 2.95. The number of hydrogen-bond donors (Lipinski definition) is 2. The second kappa shape index (κ2) is 7.38. The normalized spacial score (nSPS) is 25.6. The first-order chi connectivity index (χ1) is 9.60. The monoisotopic (exact) mass is 298 g/mol. The van der Waals surface area contributed by atoms with Crippen molar-refractivity contribution in [1.29, 1.82) is 0 Å². The van der Waals surface area contributed by atoms with Crippen molar-refractivity contribution in [3.8, 4) is 0 Å². The van der Waals surface area contributed by atoms with Crippen LogP contribution >= 0.6 is 11.6 Å². The van der Waals surface area contributed by atoms with Gasteiger partial charge in [-0.1, -0.05) is 29.8 Å². The van der Waals surface area contributed by atoms with E-state index in [1.54, 1.807) is 0 Å². The van der Waals surface area contributed by atoms with Gasteiger partial charge in [-0.05, 0) is 25.0 Å². The molecule has 0 radical (unpaired) electrons. The highest BCUT2D eigenvalue weighted by Crippen LogP contribution is 2.23. The van der Waals surface area contributed by atoms with E-state index in [2.05, 4.69) is 4.90 Å². The average Bonchev–Trinajstić information content (AvgIpc) is 2.44. The van der Waals surface area contributed by atoms with Crippen LogP contribution in [-0.4, -0.2) is 48.5 Å². The molecule has 0 spiro atoms. The molecule has 0 saturated carbocycles. The molecule has 5 heteroatoms. The Morgan fingerprint density at radius 2 is 2.20 bits per heavy atom. The van der Waals surface area contributed by atoms with Crippen molar-refractivity contribution in [3.05, 3.63) is 34.9 Å². The first-order valence-electron chi connectivity index (χ1n) is 7.08. The van der Waals surface area contributed by atoms with Crippen LogP contribution in [0, 0.1) is 0 Å². The lowest BCUT2D eigenvalue weighted by Gasteiger charge is -2.36. The van der Waals surface area contributed by atoms with Gasteiger partial charge in [-0.15, -0.1) is 0 Å². The number of benzene rings is 1. The lowest BCUT2D eigenvalue weighted by Crippen LogP contribution is -2.48. The molecule has 1 heterocycles. The van der Waals surface area contributed by atoms with Gasteiger partial charge < -0.3 is 15.6 Å². The minimum atomic E-state index is -0.0877. The number of hydrogen-bond acceptors (Lipinski definition) is 4. The van der Waals surface area contributed by atoms with Gasteiger partial charge >= 0.3 is 0 Å². The second-order valence-electron chi connectivity index (χ2n) is 5.43. The smallest absolute Gasteiger partial charge is 0.0936 e. The zero-order chi connectivity index (χ0) is 14.5. The van der Waals surface area contributed by atoms with E-state index in [1.165, 1.54) is 0 Å². The summed E-state index contributed by atoms with van der Waals surface area (Å²) in [7, 11) is 0. The predicted molar refractivity (Wildman–Crippen MR) is 80.9 cm³/mol. The van der Waals surface area contributed by atoms with Gasteiger partial charge in [0, 0.05) is 30.7 Å². The van der Waals surface area contributed by atoms with Crippen LogP contribution in [0.3, 0.4) is 0 Å². The fraction of sp³-hybridized carbons (Fsp3) is 0.600. The molecule has 1 saturated heterocycles. The Balaban J connectivity index is 1.87. The maximum atomic E-state index is 9.22. The van der Waals surface area contributed by atoms with Crippen molar-refractivity contribution in [3.63, 3.8) is 0 Å². The third-order valence-electron chi connectivity index (χ3n) is 3.67. The van der Waals surface area contributed by atoms with Crippen molar-refractivity contribution >= 4 is 11.6 Å². The molecule has 2 rings (SSSR count). The van der Waals surface area contributed by atoms with Gasteiger partial charge in [-0.2, -0.15) is 0 Å². The summed E-state index contributed by atoms with van der Waals surface area (Å²) in [5.74, 6) is 0.